The Hall–Kier alpha value is -2.18. The summed E-state index contributed by atoms with van der Waals surface area (Å²) >= 11 is 0. The van der Waals surface area contributed by atoms with Crippen molar-refractivity contribution in [2.45, 2.75) is 69.4 Å². The van der Waals surface area contributed by atoms with Crippen LogP contribution in [0.5, 0.6) is 0 Å². The smallest absolute Gasteiger partial charge is 0.241 e. The molecule has 156 valence electrons. The third-order valence-electron chi connectivity index (χ3n) is 5.02. The molecule has 0 saturated carbocycles. The summed E-state index contributed by atoms with van der Waals surface area (Å²) in [4.78, 5) is 12.7. The summed E-state index contributed by atoms with van der Waals surface area (Å²) in [6, 6.07) is 15.1. The van der Waals surface area contributed by atoms with E-state index in [4.69, 9.17) is 0 Å². The van der Waals surface area contributed by atoms with Crippen molar-refractivity contribution >= 4 is 15.9 Å². The van der Waals surface area contributed by atoms with E-state index in [1.807, 2.05) is 32.9 Å². The molecule has 2 aromatic rings. The molecule has 0 saturated heterocycles. The van der Waals surface area contributed by atoms with Crippen molar-refractivity contribution in [3.63, 3.8) is 0 Å². The summed E-state index contributed by atoms with van der Waals surface area (Å²) in [5, 5.41) is 3.16. The zero-order valence-corrected chi connectivity index (χ0v) is 18.2. The molecule has 1 aliphatic carbocycles. The molecule has 0 radical (unpaired) electrons. The predicted molar refractivity (Wildman–Crippen MR) is 115 cm³/mol. The SMILES string of the molecule is CC(C)(C)NS(=O)(=O)c1ccc(CCC(=O)N[C@H]2CCCc3ccccc32)cc1. The molecule has 5 nitrogen and oxygen atoms in total. The van der Waals surface area contributed by atoms with E-state index in [0.29, 0.717) is 12.8 Å². The second-order valence-electron chi connectivity index (χ2n) is 8.71. The van der Waals surface area contributed by atoms with E-state index in [1.165, 1.54) is 11.1 Å². The lowest BCUT2D eigenvalue weighted by Gasteiger charge is -2.26. The van der Waals surface area contributed by atoms with Gasteiger partial charge in [0, 0.05) is 12.0 Å². The first-order valence-electron chi connectivity index (χ1n) is 10.1. The van der Waals surface area contributed by atoms with Crippen molar-refractivity contribution in [1.29, 1.82) is 0 Å². The van der Waals surface area contributed by atoms with Gasteiger partial charge < -0.3 is 5.32 Å². The first kappa shape index (κ1) is 21.5. The van der Waals surface area contributed by atoms with Crippen molar-refractivity contribution in [1.82, 2.24) is 10.0 Å². The van der Waals surface area contributed by atoms with Gasteiger partial charge in [0.25, 0.3) is 0 Å². The third-order valence-corrected chi connectivity index (χ3v) is 6.79. The van der Waals surface area contributed by atoms with E-state index >= 15 is 0 Å². The molecule has 2 aromatic carbocycles. The molecule has 1 atom stereocenters. The topological polar surface area (TPSA) is 75.3 Å². The minimum atomic E-state index is -3.54. The van der Waals surface area contributed by atoms with E-state index in [9.17, 15) is 13.2 Å². The van der Waals surface area contributed by atoms with Gasteiger partial charge in [-0.15, -0.1) is 0 Å². The zero-order chi connectivity index (χ0) is 21.1. The van der Waals surface area contributed by atoms with Crippen LogP contribution in [0, 0.1) is 0 Å². The number of aryl methyl sites for hydroxylation is 2. The quantitative estimate of drug-likeness (QED) is 0.753. The summed E-state index contributed by atoms with van der Waals surface area (Å²) in [6.45, 7) is 5.42. The predicted octanol–water partition coefficient (Wildman–Crippen LogP) is 3.89. The van der Waals surface area contributed by atoms with Gasteiger partial charge in [-0.25, -0.2) is 13.1 Å². The van der Waals surface area contributed by atoms with Gasteiger partial charge in [0.2, 0.25) is 15.9 Å². The van der Waals surface area contributed by atoms with Crippen molar-refractivity contribution < 1.29 is 13.2 Å². The van der Waals surface area contributed by atoms with Gasteiger partial charge in [0.1, 0.15) is 0 Å². The number of carbonyl (C=O) groups is 1. The Bertz CT molecular complexity index is 960. The monoisotopic (exact) mass is 414 g/mol. The number of benzene rings is 2. The highest BCUT2D eigenvalue weighted by Gasteiger charge is 2.22. The van der Waals surface area contributed by atoms with Crippen molar-refractivity contribution in [3.05, 3.63) is 65.2 Å². The molecular formula is C23H30N2O3S. The highest BCUT2D eigenvalue weighted by molar-refractivity contribution is 7.89. The first-order valence-corrected chi connectivity index (χ1v) is 11.6. The molecule has 6 heteroatoms. The summed E-state index contributed by atoms with van der Waals surface area (Å²) in [5.41, 5.74) is 2.96. The van der Waals surface area contributed by atoms with Crippen LogP contribution in [0.3, 0.4) is 0 Å². The van der Waals surface area contributed by atoms with E-state index in [0.717, 1.165) is 24.8 Å². The van der Waals surface area contributed by atoms with Gasteiger partial charge >= 0.3 is 0 Å². The highest BCUT2D eigenvalue weighted by Crippen LogP contribution is 2.29. The van der Waals surface area contributed by atoms with Crippen LogP contribution in [-0.2, 0) is 27.7 Å². The minimum absolute atomic E-state index is 0.0257. The maximum absolute atomic E-state index is 12.5. The van der Waals surface area contributed by atoms with E-state index < -0.39 is 15.6 Å². The summed E-state index contributed by atoms with van der Waals surface area (Å²) in [7, 11) is -3.54. The van der Waals surface area contributed by atoms with Crippen LogP contribution < -0.4 is 10.0 Å². The number of nitrogens with one attached hydrogen (secondary N) is 2. The maximum Gasteiger partial charge on any atom is 0.241 e. The van der Waals surface area contributed by atoms with Crippen molar-refractivity contribution in [3.8, 4) is 0 Å². The van der Waals surface area contributed by atoms with Crippen LogP contribution in [0.1, 0.15) is 62.8 Å². The normalized spacial score (nSPS) is 16.9. The molecule has 3 rings (SSSR count). The van der Waals surface area contributed by atoms with Gasteiger partial charge in [0.05, 0.1) is 10.9 Å². The third kappa shape index (κ3) is 5.90. The van der Waals surface area contributed by atoms with Crippen molar-refractivity contribution in [2.24, 2.45) is 0 Å². The molecule has 1 amide bonds. The summed E-state index contributed by atoms with van der Waals surface area (Å²) in [5.74, 6) is 0.0257. The van der Waals surface area contributed by atoms with Crippen LogP contribution in [-0.4, -0.2) is 19.9 Å². The van der Waals surface area contributed by atoms with Crippen LogP contribution in [0.2, 0.25) is 0 Å². The molecular weight excluding hydrogens is 384 g/mol. The Labute approximate surface area is 174 Å². The molecule has 0 heterocycles. The number of hydrogen-bond donors (Lipinski definition) is 2. The largest absolute Gasteiger partial charge is 0.349 e. The van der Waals surface area contributed by atoms with Crippen LogP contribution in [0.15, 0.2) is 53.4 Å². The molecule has 29 heavy (non-hydrogen) atoms. The first-order chi connectivity index (χ1) is 13.6. The summed E-state index contributed by atoms with van der Waals surface area (Å²) in [6.07, 6.45) is 4.08. The number of sulfonamides is 1. The minimum Gasteiger partial charge on any atom is -0.349 e. The zero-order valence-electron chi connectivity index (χ0n) is 17.4. The Balaban J connectivity index is 1.56. The lowest BCUT2D eigenvalue weighted by atomic mass is 9.87. The second-order valence-corrected chi connectivity index (χ2v) is 10.4. The fraction of sp³-hybridized carbons (Fsp3) is 0.435. The average Bonchev–Trinajstić information content (AvgIpc) is 2.65. The van der Waals surface area contributed by atoms with Gasteiger partial charge in [-0.3, -0.25) is 4.79 Å². The fourth-order valence-electron chi connectivity index (χ4n) is 3.73. The lowest BCUT2D eigenvalue weighted by Crippen LogP contribution is -2.40. The van der Waals surface area contributed by atoms with Crippen LogP contribution in [0.4, 0.5) is 0 Å². The van der Waals surface area contributed by atoms with Gasteiger partial charge in [-0.05, 0) is 75.3 Å². The molecule has 0 fully saturated rings. The Kier molecular flexibility index (Phi) is 6.44. The molecule has 0 unspecified atom stereocenters. The van der Waals surface area contributed by atoms with Gasteiger partial charge in [0.15, 0.2) is 0 Å². The van der Waals surface area contributed by atoms with Gasteiger partial charge in [-0.2, -0.15) is 0 Å². The van der Waals surface area contributed by atoms with Crippen LogP contribution in [0.25, 0.3) is 0 Å². The van der Waals surface area contributed by atoms with Crippen LogP contribution >= 0.6 is 0 Å². The molecule has 0 spiro atoms. The van der Waals surface area contributed by atoms with E-state index in [-0.39, 0.29) is 16.8 Å². The van der Waals surface area contributed by atoms with E-state index in [1.54, 1.807) is 24.3 Å². The van der Waals surface area contributed by atoms with Crippen molar-refractivity contribution in [2.75, 3.05) is 0 Å². The maximum atomic E-state index is 12.5. The highest BCUT2D eigenvalue weighted by atomic mass is 32.2. The Morgan fingerprint density at radius 1 is 1.07 bits per heavy atom. The second kappa shape index (κ2) is 8.67. The summed E-state index contributed by atoms with van der Waals surface area (Å²) < 4.78 is 27.4. The fourth-order valence-corrected chi connectivity index (χ4v) is 5.14. The standard InChI is InChI=1S/C23H30N2O3S/c1-23(2,3)25-29(27,28)19-14-11-17(12-15-19)13-16-22(26)24-21-10-6-8-18-7-4-5-9-20(18)21/h4-5,7,9,11-12,14-15,21,25H,6,8,10,13,16H2,1-3H3,(H,24,26)/t21-/m0/s1. The molecule has 0 aliphatic heterocycles. The average molecular weight is 415 g/mol. The number of hydrogen-bond acceptors (Lipinski definition) is 3. The Morgan fingerprint density at radius 3 is 2.45 bits per heavy atom. The molecule has 0 bridgehead atoms. The van der Waals surface area contributed by atoms with Gasteiger partial charge in [-0.1, -0.05) is 36.4 Å². The molecule has 0 aromatic heterocycles. The molecule has 1 aliphatic rings. The molecule has 2 N–H and O–H groups in total. The lowest BCUT2D eigenvalue weighted by molar-refractivity contribution is -0.121. The number of amides is 1. The van der Waals surface area contributed by atoms with E-state index in [2.05, 4.69) is 22.2 Å². The number of carbonyl (C=O) groups excluding carboxylic acids is 1. The number of rotatable bonds is 6. The number of fused-ring (bicyclic) bond motifs is 1. The Morgan fingerprint density at radius 2 is 1.76 bits per heavy atom.